The van der Waals surface area contributed by atoms with Gasteiger partial charge in [0.05, 0.1) is 21.3 Å². The number of halogens is 2. The Bertz CT molecular complexity index is 1060. The van der Waals surface area contributed by atoms with E-state index in [0.29, 0.717) is 45.7 Å². The number of carbonyl (C=O) groups is 2. The van der Waals surface area contributed by atoms with E-state index in [9.17, 15) is 9.59 Å². The molecule has 0 spiro atoms. The van der Waals surface area contributed by atoms with Crippen LogP contribution in [0.3, 0.4) is 0 Å². The highest BCUT2D eigenvalue weighted by atomic mass is 35.5. The van der Waals surface area contributed by atoms with Gasteiger partial charge in [-0.3, -0.25) is 9.59 Å². The van der Waals surface area contributed by atoms with E-state index in [1.807, 2.05) is 19.0 Å². The molecule has 0 aliphatic carbocycles. The predicted molar refractivity (Wildman–Crippen MR) is 119 cm³/mol. The molecule has 8 heteroatoms. The Morgan fingerprint density at radius 3 is 2.47 bits per heavy atom. The van der Waals surface area contributed by atoms with E-state index in [0.717, 1.165) is 0 Å². The maximum absolute atomic E-state index is 12.7. The van der Waals surface area contributed by atoms with Crippen LogP contribution in [0.5, 0.6) is 0 Å². The van der Waals surface area contributed by atoms with Crippen LogP contribution in [0.15, 0.2) is 59.0 Å². The Morgan fingerprint density at radius 1 is 0.967 bits per heavy atom. The zero-order valence-corrected chi connectivity index (χ0v) is 18.1. The van der Waals surface area contributed by atoms with Gasteiger partial charge in [-0.1, -0.05) is 35.3 Å². The fourth-order valence-corrected chi connectivity index (χ4v) is 3.02. The lowest BCUT2D eigenvalue weighted by molar-refractivity contribution is 0.0952. The van der Waals surface area contributed by atoms with Crippen molar-refractivity contribution in [2.75, 3.05) is 32.5 Å². The molecule has 0 fully saturated rings. The molecule has 0 saturated heterocycles. The Kier molecular flexibility index (Phi) is 7.15. The largest absolute Gasteiger partial charge is 0.451 e. The lowest BCUT2D eigenvalue weighted by Gasteiger charge is -2.13. The lowest BCUT2D eigenvalue weighted by Crippen LogP contribution is -2.32. The fourth-order valence-electron chi connectivity index (χ4n) is 2.73. The second-order valence-corrected chi connectivity index (χ2v) is 7.67. The van der Waals surface area contributed by atoms with Crippen LogP contribution < -0.4 is 10.6 Å². The first kappa shape index (κ1) is 21.9. The molecule has 0 saturated carbocycles. The van der Waals surface area contributed by atoms with Crippen LogP contribution in [0, 0.1) is 0 Å². The third kappa shape index (κ3) is 5.42. The number of hydrogen-bond donors (Lipinski definition) is 2. The number of furan rings is 1. The molecule has 0 radical (unpaired) electrons. The first-order valence-electron chi connectivity index (χ1n) is 9.23. The Morgan fingerprint density at radius 2 is 1.73 bits per heavy atom. The molecule has 156 valence electrons. The minimum Gasteiger partial charge on any atom is -0.451 e. The first-order chi connectivity index (χ1) is 14.3. The topological polar surface area (TPSA) is 74.6 Å². The van der Waals surface area contributed by atoms with Gasteiger partial charge in [-0.15, -0.1) is 0 Å². The van der Waals surface area contributed by atoms with Gasteiger partial charge >= 0.3 is 0 Å². The summed E-state index contributed by atoms with van der Waals surface area (Å²) in [5.74, 6) is -0.133. The second kappa shape index (κ2) is 9.80. The molecule has 0 aliphatic heterocycles. The molecule has 1 aromatic heterocycles. The molecule has 2 amide bonds. The third-order valence-electron chi connectivity index (χ3n) is 4.30. The number of likely N-dealkylation sites (N-methyl/N-ethyl adjacent to an activating group) is 1. The van der Waals surface area contributed by atoms with Gasteiger partial charge in [-0.05, 0) is 56.6 Å². The quantitative estimate of drug-likeness (QED) is 0.547. The summed E-state index contributed by atoms with van der Waals surface area (Å²) in [6.45, 7) is 1.21. The number of nitrogens with zero attached hydrogens (tertiary/aromatic N) is 1. The number of rotatable bonds is 7. The molecular weight excluding hydrogens is 425 g/mol. The molecule has 0 unspecified atom stereocenters. The summed E-state index contributed by atoms with van der Waals surface area (Å²) in [6, 6.07) is 15.1. The van der Waals surface area contributed by atoms with E-state index >= 15 is 0 Å². The summed E-state index contributed by atoms with van der Waals surface area (Å²) in [4.78, 5) is 27.1. The van der Waals surface area contributed by atoms with Crippen molar-refractivity contribution in [1.82, 2.24) is 10.2 Å². The number of benzene rings is 2. The van der Waals surface area contributed by atoms with Crippen molar-refractivity contribution < 1.29 is 14.0 Å². The van der Waals surface area contributed by atoms with E-state index in [4.69, 9.17) is 27.6 Å². The Balaban J connectivity index is 1.73. The highest BCUT2D eigenvalue weighted by Gasteiger charge is 2.17. The monoisotopic (exact) mass is 445 g/mol. The van der Waals surface area contributed by atoms with Gasteiger partial charge in [0, 0.05) is 18.7 Å². The van der Waals surface area contributed by atoms with Gasteiger partial charge < -0.3 is 20.0 Å². The zero-order chi connectivity index (χ0) is 21.7. The second-order valence-electron chi connectivity index (χ2n) is 6.85. The zero-order valence-electron chi connectivity index (χ0n) is 16.5. The molecule has 2 N–H and O–H groups in total. The summed E-state index contributed by atoms with van der Waals surface area (Å²) in [5.41, 5.74) is 1.47. The van der Waals surface area contributed by atoms with Crippen LogP contribution in [0.1, 0.15) is 20.9 Å². The molecule has 6 nitrogen and oxygen atoms in total. The molecular formula is C22H21Cl2N3O3. The maximum Gasteiger partial charge on any atom is 0.291 e. The molecule has 1 heterocycles. The number of amides is 2. The summed E-state index contributed by atoms with van der Waals surface area (Å²) in [5, 5.41) is 6.41. The number of nitrogens with one attached hydrogen (secondary N) is 2. The van der Waals surface area contributed by atoms with E-state index in [1.54, 1.807) is 54.6 Å². The Labute approximate surface area is 184 Å². The van der Waals surface area contributed by atoms with Crippen molar-refractivity contribution >= 4 is 40.7 Å². The predicted octanol–water partition coefficient (Wildman–Crippen LogP) is 4.80. The molecule has 2 aromatic carbocycles. The number of hydrogen-bond acceptors (Lipinski definition) is 4. The summed E-state index contributed by atoms with van der Waals surface area (Å²) in [7, 11) is 3.85. The van der Waals surface area contributed by atoms with E-state index < -0.39 is 5.91 Å². The van der Waals surface area contributed by atoms with Crippen LogP contribution in [-0.4, -0.2) is 43.9 Å². The summed E-state index contributed by atoms with van der Waals surface area (Å²) >= 11 is 12.0. The number of para-hydroxylation sites is 1. The Hall–Kier alpha value is -2.80. The molecule has 0 bridgehead atoms. The van der Waals surface area contributed by atoms with Crippen LogP contribution in [0.25, 0.3) is 11.3 Å². The van der Waals surface area contributed by atoms with Gasteiger partial charge in [0.25, 0.3) is 11.8 Å². The van der Waals surface area contributed by atoms with Gasteiger partial charge in [0.15, 0.2) is 5.76 Å². The number of anilines is 1. The summed E-state index contributed by atoms with van der Waals surface area (Å²) < 4.78 is 5.67. The highest BCUT2D eigenvalue weighted by molar-refractivity contribution is 6.42. The van der Waals surface area contributed by atoms with Crippen LogP contribution in [-0.2, 0) is 0 Å². The van der Waals surface area contributed by atoms with Crippen LogP contribution in [0.2, 0.25) is 10.0 Å². The SMILES string of the molecule is CN(C)CCNC(=O)c1ccccc1NC(=O)c1ccc(-c2ccc(Cl)c(Cl)c2)o1. The normalized spacial score (nSPS) is 10.8. The van der Waals surface area contributed by atoms with Crippen molar-refractivity contribution in [1.29, 1.82) is 0 Å². The lowest BCUT2D eigenvalue weighted by atomic mass is 10.1. The molecule has 0 aliphatic rings. The van der Waals surface area contributed by atoms with Gasteiger partial charge in [0.2, 0.25) is 0 Å². The minimum absolute atomic E-state index is 0.110. The average Bonchev–Trinajstić information content (AvgIpc) is 3.20. The number of carbonyl (C=O) groups excluding carboxylic acids is 2. The van der Waals surface area contributed by atoms with Crippen molar-refractivity contribution in [3.63, 3.8) is 0 Å². The van der Waals surface area contributed by atoms with E-state index in [-0.39, 0.29) is 11.7 Å². The smallest absolute Gasteiger partial charge is 0.291 e. The van der Waals surface area contributed by atoms with E-state index in [2.05, 4.69) is 10.6 Å². The molecule has 3 rings (SSSR count). The van der Waals surface area contributed by atoms with E-state index in [1.165, 1.54) is 0 Å². The van der Waals surface area contributed by atoms with Crippen molar-refractivity contribution in [2.24, 2.45) is 0 Å². The highest BCUT2D eigenvalue weighted by Crippen LogP contribution is 2.30. The molecule has 3 aromatic rings. The van der Waals surface area contributed by atoms with Crippen LogP contribution in [0.4, 0.5) is 5.69 Å². The molecule has 30 heavy (non-hydrogen) atoms. The van der Waals surface area contributed by atoms with Crippen molar-refractivity contribution in [2.45, 2.75) is 0 Å². The summed E-state index contributed by atoms with van der Waals surface area (Å²) in [6.07, 6.45) is 0. The average molecular weight is 446 g/mol. The standard InChI is InChI=1S/C22H21Cl2N3O3/c1-27(2)12-11-25-21(28)15-5-3-4-6-18(15)26-22(29)20-10-9-19(30-20)14-7-8-16(23)17(24)13-14/h3-10,13H,11-12H2,1-2H3,(H,25,28)(H,26,29). The fraction of sp³-hybridized carbons (Fsp3) is 0.182. The maximum atomic E-state index is 12.7. The van der Waals surface area contributed by atoms with Crippen LogP contribution >= 0.6 is 23.2 Å². The van der Waals surface area contributed by atoms with Crippen molar-refractivity contribution in [3.8, 4) is 11.3 Å². The van der Waals surface area contributed by atoms with Crippen molar-refractivity contribution in [3.05, 3.63) is 76.0 Å². The minimum atomic E-state index is -0.463. The molecule has 0 atom stereocenters. The van der Waals surface area contributed by atoms with Gasteiger partial charge in [-0.2, -0.15) is 0 Å². The van der Waals surface area contributed by atoms with Gasteiger partial charge in [0.1, 0.15) is 5.76 Å². The first-order valence-corrected chi connectivity index (χ1v) is 9.99. The third-order valence-corrected chi connectivity index (χ3v) is 5.04. The van der Waals surface area contributed by atoms with Gasteiger partial charge in [-0.25, -0.2) is 0 Å².